The van der Waals surface area contributed by atoms with E-state index in [2.05, 4.69) is 0 Å². The second kappa shape index (κ2) is 7.77. The molecule has 0 saturated carbocycles. The third-order valence-electron chi connectivity index (χ3n) is 4.20. The van der Waals surface area contributed by atoms with Crippen molar-refractivity contribution in [2.75, 3.05) is 19.7 Å². The Hall–Kier alpha value is -1.91. The predicted molar refractivity (Wildman–Crippen MR) is 91.4 cm³/mol. The van der Waals surface area contributed by atoms with Gasteiger partial charge in [0.15, 0.2) is 0 Å². The lowest BCUT2D eigenvalue weighted by Gasteiger charge is -2.33. The average Bonchev–Trinajstić information content (AvgIpc) is 2.62. The molecule has 1 amide bonds. The van der Waals surface area contributed by atoms with Crippen molar-refractivity contribution in [2.45, 2.75) is 18.9 Å². The molecule has 2 aromatic carbocycles. The van der Waals surface area contributed by atoms with Crippen molar-refractivity contribution in [3.63, 3.8) is 0 Å². The van der Waals surface area contributed by atoms with Gasteiger partial charge in [0.05, 0.1) is 13.2 Å². The minimum Gasteiger partial charge on any atom is -0.370 e. The molecule has 1 atom stereocenters. The van der Waals surface area contributed by atoms with Gasteiger partial charge in [0.25, 0.3) is 0 Å². The first-order chi connectivity index (χ1) is 11.6. The van der Waals surface area contributed by atoms with Gasteiger partial charge in [-0.2, -0.15) is 0 Å². The van der Waals surface area contributed by atoms with Crippen molar-refractivity contribution in [3.8, 4) is 0 Å². The highest BCUT2D eigenvalue weighted by atomic mass is 35.5. The average molecular weight is 348 g/mol. The Balaban J connectivity index is 1.56. The monoisotopic (exact) mass is 347 g/mol. The van der Waals surface area contributed by atoms with Crippen molar-refractivity contribution in [1.29, 1.82) is 0 Å². The van der Waals surface area contributed by atoms with Crippen LogP contribution in [0.25, 0.3) is 0 Å². The van der Waals surface area contributed by atoms with Crippen molar-refractivity contribution in [1.82, 2.24) is 4.90 Å². The molecule has 1 heterocycles. The molecule has 1 aliphatic rings. The van der Waals surface area contributed by atoms with Crippen LogP contribution in [-0.2, 0) is 16.0 Å². The zero-order valence-electron chi connectivity index (χ0n) is 13.3. The van der Waals surface area contributed by atoms with Crippen molar-refractivity contribution < 1.29 is 13.9 Å². The summed E-state index contributed by atoms with van der Waals surface area (Å²) in [7, 11) is 0. The van der Waals surface area contributed by atoms with Gasteiger partial charge in [-0.15, -0.1) is 0 Å². The van der Waals surface area contributed by atoms with Crippen LogP contribution in [-0.4, -0.2) is 30.5 Å². The summed E-state index contributed by atoms with van der Waals surface area (Å²) in [5, 5.41) is 0.682. The maximum atomic E-state index is 12.9. The number of aryl methyl sites for hydroxylation is 1. The van der Waals surface area contributed by atoms with Gasteiger partial charge in [0.1, 0.15) is 11.9 Å². The fourth-order valence-electron chi connectivity index (χ4n) is 2.82. The molecule has 3 nitrogen and oxygen atoms in total. The zero-order chi connectivity index (χ0) is 16.9. The standard InChI is InChI=1S/C19H19ClFNO2/c20-16-6-4-15(5-7-16)18-13-22(11-12-24-18)19(23)10-3-14-1-8-17(21)9-2-14/h1-2,4-9,18H,3,10-13H2. The van der Waals surface area contributed by atoms with Crippen molar-refractivity contribution >= 4 is 17.5 Å². The molecule has 5 heteroatoms. The van der Waals surface area contributed by atoms with E-state index >= 15 is 0 Å². The van der Waals surface area contributed by atoms with Gasteiger partial charge < -0.3 is 9.64 Å². The first-order valence-electron chi connectivity index (χ1n) is 8.01. The van der Waals surface area contributed by atoms with E-state index in [4.69, 9.17) is 16.3 Å². The molecule has 0 aliphatic carbocycles. The molecule has 0 aromatic heterocycles. The van der Waals surface area contributed by atoms with Gasteiger partial charge in [-0.25, -0.2) is 4.39 Å². The summed E-state index contributed by atoms with van der Waals surface area (Å²) in [6, 6.07) is 13.8. The maximum Gasteiger partial charge on any atom is 0.223 e. The first kappa shape index (κ1) is 16.9. The van der Waals surface area contributed by atoms with Crippen LogP contribution in [0.2, 0.25) is 5.02 Å². The summed E-state index contributed by atoms with van der Waals surface area (Å²) in [4.78, 5) is 14.3. The van der Waals surface area contributed by atoms with Gasteiger partial charge in [-0.1, -0.05) is 35.9 Å². The van der Waals surface area contributed by atoms with E-state index in [0.29, 0.717) is 37.6 Å². The molecule has 0 radical (unpaired) electrons. The highest BCUT2D eigenvalue weighted by Crippen LogP contribution is 2.24. The molecule has 0 N–H and O–H groups in total. The van der Waals surface area contributed by atoms with E-state index in [9.17, 15) is 9.18 Å². The van der Waals surface area contributed by atoms with E-state index in [-0.39, 0.29) is 17.8 Å². The molecule has 1 fully saturated rings. The normalized spacial score (nSPS) is 17.8. The Morgan fingerprint density at radius 3 is 2.58 bits per heavy atom. The van der Waals surface area contributed by atoms with Crippen LogP contribution in [0.4, 0.5) is 4.39 Å². The second-order valence-corrected chi connectivity index (χ2v) is 6.31. The number of hydrogen-bond donors (Lipinski definition) is 0. The molecular weight excluding hydrogens is 329 g/mol. The van der Waals surface area contributed by atoms with Gasteiger partial charge in [0.2, 0.25) is 5.91 Å². The Kier molecular flexibility index (Phi) is 5.48. The lowest BCUT2D eigenvalue weighted by atomic mass is 10.1. The van der Waals surface area contributed by atoms with E-state index < -0.39 is 0 Å². The summed E-state index contributed by atoms with van der Waals surface area (Å²) in [6.45, 7) is 1.67. The van der Waals surface area contributed by atoms with Crippen LogP contribution < -0.4 is 0 Å². The molecule has 1 aliphatic heterocycles. The quantitative estimate of drug-likeness (QED) is 0.836. The third-order valence-corrected chi connectivity index (χ3v) is 4.45. The Labute approximate surface area is 146 Å². The number of morpholine rings is 1. The number of halogens is 2. The van der Waals surface area contributed by atoms with Crippen LogP contribution in [0.3, 0.4) is 0 Å². The lowest BCUT2D eigenvalue weighted by molar-refractivity contribution is -0.139. The number of amides is 1. The highest BCUT2D eigenvalue weighted by molar-refractivity contribution is 6.30. The Bertz CT molecular complexity index is 688. The second-order valence-electron chi connectivity index (χ2n) is 5.88. The number of nitrogens with zero attached hydrogens (tertiary/aromatic N) is 1. The fraction of sp³-hybridized carbons (Fsp3) is 0.316. The smallest absolute Gasteiger partial charge is 0.223 e. The molecule has 126 valence electrons. The van der Waals surface area contributed by atoms with Crippen molar-refractivity contribution in [3.05, 3.63) is 70.5 Å². The fourth-order valence-corrected chi connectivity index (χ4v) is 2.94. The van der Waals surface area contributed by atoms with Gasteiger partial charge in [-0.05, 0) is 41.8 Å². The minimum atomic E-state index is -0.260. The lowest BCUT2D eigenvalue weighted by Crippen LogP contribution is -2.42. The Morgan fingerprint density at radius 1 is 1.17 bits per heavy atom. The predicted octanol–water partition coefficient (Wildman–Crippen LogP) is 4.01. The molecule has 1 saturated heterocycles. The van der Waals surface area contributed by atoms with E-state index in [0.717, 1.165) is 11.1 Å². The molecule has 0 bridgehead atoms. The topological polar surface area (TPSA) is 29.5 Å². The number of rotatable bonds is 4. The third kappa shape index (κ3) is 4.34. The van der Waals surface area contributed by atoms with E-state index in [1.807, 2.05) is 29.2 Å². The van der Waals surface area contributed by atoms with Crippen LogP contribution in [0.1, 0.15) is 23.7 Å². The summed E-state index contributed by atoms with van der Waals surface area (Å²) in [5.41, 5.74) is 1.99. The summed E-state index contributed by atoms with van der Waals surface area (Å²) in [6.07, 6.45) is 0.909. The van der Waals surface area contributed by atoms with Gasteiger partial charge >= 0.3 is 0 Å². The molecular formula is C19H19ClFNO2. The van der Waals surface area contributed by atoms with Crippen LogP contribution in [0.15, 0.2) is 48.5 Å². The molecule has 3 rings (SSSR count). The van der Waals surface area contributed by atoms with E-state index in [1.54, 1.807) is 12.1 Å². The molecule has 24 heavy (non-hydrogen) atoms. The molecule has 2 aromatic rings. The van der Waals surface area contributed by atoms with Crippen LogP contribution >= 0.6 is 11.6 Å². The number of carbonyl (C=O) groups is 1. The van der Waals surface area contributed by atoms with Crippen molar-refractivity contribution in [2.24, 2.45) is 0 Å². The number of hydrogen-bond acceptors (Lipinski definition) is 2. The number of ether oxygens (including phenoxy) is 1. The van der Waals surface area contributed by atoms with Crippen LogP contribution in [0, 0.1) is 5.82 Å². The number of benzene rings is 2. The maximum absolute atomic E-state index is 12.9. The van der Waals surface area contributed by atoms with Gasteiger partial charge in [-0.3, -0.25) is 4.79 Å². The Morgan fingerprint density at radius 2 is 1.88 bits per heavy atom. The molecule has 1 unspecified atom stereocenters. The first-order valence-corrected chi connectivity index (χ1v) is 8.39. The summed E-state index contributed by atoms with van der Waals surface area (Å²) < 4.78 is 18.7. The van der Waals surface area contributed by atoms with E-state index in [1.165, 1.54) is 12.1 Å². The largest absolute Gasteiger partial charge is 0.370 e. The van der Waals surface area contributed by atoms with Crippen LogP contribution in [0.5, 0.6) is 0 Å². The zero-order valence-corrected chi connectivity index (χ0v) is 14.0. The van der Waals surface area contributed by atoms with Gasteiger partial charge in [0, 0.05) is 18.0 Å². The highest BCUT2D eigenvalue weighted by Gasteiger charge is 2.25. The minimum absolute atomic E-state index is 0.0987. The summed E-state index contributed by atoms with van der Waals surface area (Å²) in [5.74, 6) is -0.161. The number of carbonyl (C=O) groups excluding carboxylic acids is 1. The molecule has 0 spiro atoms. The summed E-state index contributed by atoms with van der Waals surface area (Å²) >= 11 is 5.91. The SMILES string of the molecule is O=C(CCc1ccc(F)cc1)N1CCOC(c2ccc(Cl)cc2)C1.